The van der Waals surface area contributed by atoms with Gasteiger partial charge in [0.1, 0.15) is 34.3 Å². The number of aromatic hydroxyl groups is 2. The maximum atomic E-state index is 13.5. The number of hydrogen-bond acceptors (Lipinski definition) is 5. The minimum Gasteiger partial charge on any atom is -0.507 e. The lowest BCUT2D eigenvalue weighted by molar-refractivity contribution is 0.00108. The van der Waals surface area contributed by atoms with Crippen molar-refractivity contribution in [1.29, 1.82) is 0 Å². The Hall–Kier alpha value is -2.34. The highest BCUT2D eigenvalue weighted by atomic mass is 35.5. The third-order valence-electron chi connectivity index (χ3n) is 2.72. The van der Waals surface area contributed by atoms with Crippen molar-refractivity contribution in [3.8, 4) is 11.5 Å². The predicted octanol–water partition coefficient (Wildman–Crippen LogP) is 3.85. The molecule has 0 aliphatic rings. The molecular weight excluding hydrogens is 323 g/mol. The Balaban J connectivity index is 2.64. The molecule has 0 bridgehead atoms. The third-order valence-corrected chi connectivity index (χ3v) is 3.00. The fraction of sp³-hybridized carbons (Fsp3) is 0.250. The van der Waals surface area contributed by atoms with Gasteiger partial charge >= 0.3 is 0 Å². The summed E-state index contributed by atoms with van der Waals surface area (Å²) in [5.74, 6) is -1.33. The van der Waals surface area contributed by atoms with Gasteiger partial charge in [-0.15, -0.1) is 0 Å². The molecule has 0 aliphatic carbocycles. The topological polar surface area (TPSA) is 74.9 Å². The Morgan fingerprint density at radius 2 is 1.96 bits per heavy atom. The second kappa shape index (κ2) is 6.42. The van der Waals surface area contributed by atoms with E-state index < -0.39 is 17.2 Å². The van der Waals surface area contributed by atoms with Gasteiger partial charge in [-0.1, -0.05) is 16.8 Å². The Kier molecular flexibility index (Phi) is 4.75. The number of hydrogen-bond donors (Lipinski definition) is 2. The van der Waals surface area contributed by atoms with Crippen LogP contribution >= 0.6 is 11.6 Å². The third kappa shape index (κ3) is 4.10. The minimum absolute atomic E-state index is 0.0393. The number of aromatic nitrogens is 1. The zero-order valence-electron chi connectivity index (χ0n) is 12.8. The van der Waals surface area contributed by atoms with Crippen LogP contribution in [0.2, 0.25) is 5.02 Å². The molecule has 2 N–H and O–H groups in total. The molecule has 0 radical (unpaired) electrons. The van der Waals surface area contributed by atoms with Crippen LogP contribution in [0.4, 0.5) is 4.39 Å². The van der Waals surface area contributed by atoms with Gasteiger partial charge in [-0.25, -0.2) is 4.39 Å². The highest BCUT2D eigenvalue weighted by molar-refractivity contribution is 6.31. The van der Waals surface area contributed by atoms with Crippen LogP contribution in [0.5, 0.6) is 11.5 Å². The van der Waals surface area contributed by atoms with Crippen LogP contribution < -0.4 is 0 Å². The van der Waals surface area contributed by atoms with Gasteiger partial charge in [-0.3, -0.25) is 4.98 Å². The van der Waals surface area contributed by atoms with Crippen LogP contribution in [0.3, 0.4) is 0 Å². The number of oxime groups is 1. The zero-order chi connectivity index (χ0) is 17.2. The molecule has 0 unspecified atom stereocenters. The van der Waals surface area contributed by atoms with Crippen LogP contribution in [0, 0.1) is 5.82 Å². The number of benzene rings is 1. The maximum Gasteiger partial charge on any atom is 0.145 e. The van der Waals surface area contributed by atoms with Crippen LogP contribution in [0.1, 0.15) is 32.0 Å². The largest absolute Gasteiger partial charge is 0.507 e. The van der Waals surface area contributed by atoms with Crippen molar-refractivity contribution in [2.24, 2.45) is 5.16 Å². The molecule has 0 amide bonds. The van der Waals surface area contributed by atoms with Crippen molar-refractivity contribution < 1.29 is 19.4 Å². The van der Waals surface area contributed by atoms with Crippen molar-refractivity contribution >= 4 is 17.3 Å². The van der Waals surface area contributed by atoms with E-state index in [0.717, 1.165) is 6.07 Å². The van der Waals surface area contributed by atoms with Crippen molar-refractivity contribution in [2.75, 3.05) is 0 Å². The minimum atomic E-state index is -0.769. The molecule has 0 spiro atoms. The summed E-state index contributed by atoms with van der Waals surface area (Å²) in [7, 11) is 0. The van der Waals surface area contributed by atoms with E-state index in [1.54, 1.807) is 26.8 Å². The lowest BCUT2D eigenvalue weighted by atomic mass is 10.0. The van der Waals surface area contributed by atoms with Gasteiger partial charge < -0.3 is 15.1 Å². The van der Waals surface area contributed by atoms with Crippen LogP contribution in [-0.2, 0) is 4.84 Å². The first-order valence-electron chi connectivity index (χ1n) is 6.78. The molecule has 122 valence electrons. The highest BCUT2D eigenvalue weighted by Crippen LogP contribution is 2.29. The zero-order valence-corrected chi connectivity index (χ0v) is 13.6. The predicted molar refractivity (Wildman–Crippen MR) is 85.5 cm³/mol. The van der Waals surface area contributed by atoms with E-state index in [-0.39, 0.29) is 27.7 Å². The van der Waals surface area contributed by atoms with E-state index >= 15 is 0 Å². The standard InChI is InChI=1S/C16H16ClFN2O3/c1-16(2,3)23-20-14(15-12(21)5-4-6-19-15)9-7-10(17)11(18)8-13(9)22/h4-8,21-22H,1-3H3. The number of rotatable bonds is 3. The lowest BCUT2D eigenvalue weighted by Crippen LogP contribution is -2.18. The smallest absolute Gasteiger partial charge is 0.145 e. The van der Waals surface area contributed by atoms with Gasteiger partial charge in [0.15, 0.2) is 0 Å². The molecule has 0 fully saturated rings. The van der Waals surface area contributed by atoms with E-state index in [0.29, 0.717) is 0 Å². The molecule has 2 rings (SSSR count). The monoisotopic (exact) mass is 338 g/mol. The molecule has 0 saturated carbocycles. The molecule has 1 aromatic heterocycles. The molecule has 5 nitrogen and oxygen atoms in total. The molecule has 7 heteroatoms. The quantitative estimate of drug-likeness (QED) is 0.658. The summed E-state index contributed by atoms with van der Waals surface area (Å²) in [5, 5.41) is 23.8. The van der Waals surface area contributed by atoms with Crippen molar-refractivity contribution in [3.63, 3.8) is 0 Å². The first-order valence-corrected chi connectivity index (χ1v) is 7.16. The first kappa shape index (κ1) is 17.0. The Morgan fingerprint density at radius 1 is 1.26 bits per heavy atom. The van der Waals surface area contributed by atoms with Gasteiger partial charge in [0, 0.05) is 17.8 Å². The summed E-state index contributed by atoms with van der Waals surface area (Å²) in [6.45, 7) is 5.34. The average molecular weight is 339 g/mol. The van der Waals surface area contributed by atoms with Crippen molar-refractivity contribution in [1.82, 2.24) is 4.98 Å². The number of phenolic OH excluding ortho intramolecular Hbond substituents is 1. The maximum absolute atomic E-state index is 13.5. The molecule has 0 saturated heterocycles. The second-order valence-corrected chi connectivity index (χ2v) is 6.21. The second-order valence-electron chi connectivity index (χ2n) is 5.80. The summed E-state index contributed by atoms with van der Waals surface area (Å²) in [4.78, 5) is 9.41. The summed E-state index contributed by atoms with van der Waals surface area (Å²) in [6.07, 6.45) is 1.45. The van der Waals surface area contributed by atoms with E-state index in [9.17, 15) is 14.6 Å². The molecule has 1 heterocycles. The van der Waals surface area contributed by atoms with E-state index in [1.807, 2.05) is 0 Å². The summed E-state index contributed by atoms with van der Waals surface area (Å²) < 4.78 is 13.5. The van der Waals surface area contributed by atoms with Gasteiger partial charge in [0.25, 0.3) is 0 Å². The number of halogens is 2. The van der Waals surface area contributed by atoms with Gasteiger partial charge in [0.2, 0.25) is 0 Å². The van der Waals surface area contributed by atoms with E-state index in [4.69, 9.17) is 16.4 Å². The molecule has 1 aromatic carbocycles. The van der Waals surface area contributed by atoms with Crippen molar-refractivity contribution in [2.45, 2.75) is 26.4 Å². The Labute approximate surface area is 138 Å². The van der Waals surface area contributed by atoms with E-state index in [1.165, 1.54) is 18.3 Å². The Morgan fingerprint density at radius 3 is 2.57 bits per heavy atom. The average Bonchev–Trinajstić information content (AvgIpc) is 2.45. The molecule has 23 heavy (non-hydrogen) atoms. The van der Waals surface area contributed by atoms with Crippen molar-refractivity contribution in [3.05, 3.63) is 52.6 Å². The van der Waals surface area contributed by atoms with Gasteiger partial charge in [0.05, 0.1) is 5.02 Å². The fourth-order valence-electron chi connectivity index (χ4n) is 1.71. The van der Waals surface area contributed by atoms with Crippen LogP contribution in [0.25, 0.3) is 0 Å². The summed E-state index contributed by atoms with van der Waals surface area (Å²) >= 11 is 5.78. The highest BCUT2D eigenvalue weighted by Gasteiger charge is 2.21. The molecule has 0 atom stereocenters. The summed E-state index contributed by atoms with van der Waals surface area (Å²) in [6, 6.07) is 5.02. The van der Waals surface area contributed by atoms with Crippen LogP contribution in [0.15, 0.2) is 35.6 Å². The summed E-state index contributed by atoms with van der Waals surface area (Å²) in [5.41, 5.74) is -0.406. The fourth-order valence-corrected chi connectivity index (χ4v) is 1.87. The number of pyridine rings is 1. The lowest BCUT2D eigenvalue weighted by Gasteiger charge is -2.17. The first-order chi connectivity index (χ1) is 10.7. The Bertz CT molecular complexity index is 757. The SMILES string of the molecule is CC(C)(C)ON=C(c1cc(Cl)c(F)cc1O)c1ncccc1O. The molecular formula is C16H16ClFN2O3. The normalized spacial score (nSPS) is 12.3. The molecule has 2 aromatic rings. The molecule has 0 aliphatic heterocycles. The van der Waals surface area contributed by atoms with Gasteiger partial charge in [-0.2, -0.15) is 0 Å². The van der Waals surface area contributed by atoms with E-state index in [2.05, 4.69) is 10.1 Å². The van der Waals surface area contributed by atoms with Crippen LogP contribution in [-0.4, -0.2) is 26.5 Å². The number of nitrogens with zero attached hydrogens (tertiary/aromatic N) is 2. The number of phenols is 1. The van der Waals surface area contributed by atoms with Gasteiger partial charge in [-0.05, 0) is 39.0 Å².